The lowest BCUT2D eigenvalue weighted by molar-refractivity contribution is -0.138. The molecule has 0 aromatic carbocycles. The van der Waals surface area contributed by atoms with Crippen LogP contribution in [0.25, 0.3) is 0 Å². The second-order valence-electron chi connectivity index (χ2n) is 4.75. The van der Waals surface area contributed by atoms with Gasteiger partial charge in [-0.25, -0.2) is 4.79 Å². The first-order valence-electron chi connectivity index (χ1n) is 6.82. The van der Waals surface area contributed by atoms with Crippen molar-refractivity contribution in [1.82, 2.24) is 5.32 Å². The van der Waals surface area contributed by atoms with Crippen LogP contribution >= 0.6 is 0 Å². The van der Waals surface area contributed by atoms with Crippen molar-refractivity contribution in [1.29, 1.82) is 0 Å². The van der Waals surface area contributed by atoms with Crippen molar-refractivity contribution in [2.24, 2.45) is 0 Å². The van der Waals surface area contributed by atoms with Crippen molar-refractivity contribution in [3.05, 3.63) is 12.2 Å². The summed E-state index contributed by atoms with van der Waals surface area (Å²) in [5.41, 5.74) is 0.536. The van der Waals surface area contributed by atoms with E-state index in [9.17, 15) is 4.79 Å². The predicted octanol–water partition coefficient (Wildman–Crippen LogP) is 2.81. The molecule has 3 nitrogen and oxygen atoms in total. The maximum atomic E-state index is 11.4. The molecule has 98 valence electrons. The normalized spacial score (nSPS) is 18.2. The van der Waals surface area contributed by atoms with Crippen molar-refractivity contribution in [3.63, 3.8) is 0 Å². The lowest BCUT2D eigenvalue weighted by atomic mass is 9.96. The van der Waals surface area contributed by atoms with Crippen LogP contribution < -0.4 is 5.32 Å². The molecule has 0 aliphatic heterocycles. The van der Waals surface area contributed by atoms with Gasteiger partial charge in [0.25, 0.3) is 0 Å². The molecular formula is C14H25NO2. The van der Waals surface area contributed by atoms with Crippen molar-refractivity contribution in [2.75, 3.05) is 13.2 Å². The van der Waals surface area contributed by atoms with Crippen molar-refractivity contribution in [2.45, 2.75) is 57.9 Å². The molecule has 1 fully saturated rings. The van der Waals surface area contributed by atoms with E-state index >= 15 is 0 Å². The van der Waals surface area contributed by atoms with E-state index in [0.29, 0.717) is 24.8 Å². The van der Waals surface area contributed by atoms with E-state index in [1.165, 1.54) is 44.9 Å². The van der Waals surface area contributed by atoms with Gasteiger partial charge in [-0.2, -0.15) is 0 Å². The van der Waals surface area contributed by atoms with E-state index in [4.69, 9.17) is 4.74 Å². The Morgan fingerprint density at radius 2 is 1.82 bits per heavy atom. The van der Waals surface area contributed by atoms with Gasteiger partial charge in [0.1, 0.15) is 0 Å². The first-order chi connectivity index (χ1) is 8.24. The Labute approximate surface area is 105 Å². The van der Waals surface area contributed by atoms with Crippen LogP contribution in [0.2, 0.25) is 0 Å². The summed E-state index contributed by atoms with van der Waals surface area (Å²) in [5, 5.41) is 3.43. The highest BCUT2D eigenvalue weighted by atomic mass is 16.5. The number of rotatable bonds is 5. The smallest absolute Gasteiger partial charge is 0.334 e. The van der Waals surface area contributed by atoms with E-state index in [-0.39, 0.29) is 5.97 Å². The Morgan fingerprint density at radius 1 is 1.24 bits per heavy atom. The molecule has 1 rings (SSSR count). The van der Waals surface area contributed by atoms with Gasteiger partial charge in [0.15, 0.2) is 0 Å². The molecule has 0 atom stereocenters. The Balaban J connectivity index is 2.23. The monoisotopic (exact) mass is 239 g/mol. The lowest BCUT2D eigenvalue weighted by Gasteiger charge is -2.21. The molecule has 17 heavy (non-hydrogen) atoms. The van der Waals surface area contributed by atoms with Crippen LogP contribution in [-0.4, -0.2) is 25.2 Å². The molecule has 0 saturated heterocycles. The summed E-state index contributed by atoms with van der Waals surface area (Å²) >= 11 is 0. The number of ether oxygens (including phenoxy) is 1. The van der Waals surface area contributed by atoms with Crippen LogP contribution in [0.3, 0.4) is 0 Å². The van der Waals surface area contributed by atoms with Gasteiger partial charge in [0.05, 0.1) is 6.61 Å². The van der Waals surface area contributed by atoms with Crippen LogP contribution in [0.1, 0.15) is 51.9 Å². The Bertz CT molecular complexity index is 243. The molecule has 0 amide bonds. The second-order valence-corrected chi connectivity index (χ2v) is 4.75. The minimum absolute atomic E-state index is 0.272. The maximum Gasteiger partial charge on any atom is 0.334 e. The van der Waals surface area contributed by atoms with Gasteiger partial charge in [-0.05, 0) is 19.8 Å². The Morgan fingerprint density at radius 3 is 2.41 bits per heavy atom. The lowest BCUT2D eigenvalue weighted by Crippen LogP contribution is -2.32. The number of carbonyl (C=O) groups is 1. The van der Waals surface area contributed by atoms with Crippen LogP contribution in [0.5, 0.6) is 0 Å². The molecule has 0 spiro atoms. The van der Waals surface area contributed by atoms with Crippen LogP contribution in [0, 0.1) is 0 Å². The molecule has 3 heteroatoms. The topological polar surface area (TPSA) is 38.3 Å². The van der Waals surface area contributed by atoms with E-state index in [2.05, 4.69) is 11.9 Å². The van der Waals surface area contributed by atoms with Crippen molar-refractivity contribution in [3.8, 4) is 0 Å². The van der Waals surface area contributed by atoms with Gasteiger partial charge in [0, 0.05) is 18.2 Å². The standard InChI is InChI=1S/C14H25NO2/c1-3-17-14(16)12(2)11-15-13-9-7-5-4-6-8-10-13/h13,15H,2-11H2,1H3. The number of hydrogen-bond acceptors (Lipinski definition) is 3. The predicted molar refractivity (Wildman–Crippen MR) is 69.9 cm³/mol. The second kappa shape index (κ2) is 8.29. The minimum atomic E-state index is -0.272. The van der Waals surface area contributed by atoms with Gasteiger partial charge < -0.3 is 10.1 Å². The van der Waals surface area contributed by atoms with Crippen LogP contribution in [-0.2, 0) is 9.53 Å². The third-order valence-corrected chi connectivity index (χ3v) is 3.27. The summed E-state index contributed by atoms with van der Waals surface area (Å²) in [6.45, 7) is 6.55. The highest BCUT2D eigenvalue weighted by molar-refractivity contribution is 5.88. The van der Waals surface area contributed by atoms with Crippen molar-refractivity contribution < 1.29 is 9.53 Å². The summed E-state index contributed by atoms with van der Waals surface area (Å²) in [7, 11) is 0. The van der Waals surface area contributed by atoms with Gasteiger partial charge in [-0.1, -0.05) is 38.7 Å². The average Bonchev–Trinajstić information content (AvgIpc) is 2.27. The summed E-state index contributed by atoms with van der Waals surface area (Å²) in [6, 6.07) is 0.543. The average molecular weight is 239 g/mol. The first kappa shape index (κ1) is 14.2. The Hall–Kier alpha value is -0.830. The van der Waals surface area contributed by atoms with Crippen LogP contribution in [0.4, 0.5) is 0 Å². The summed E-state index contributed by atoms with van der Waals surface area (Å²) in [4.78, 5) is 11.4. The number of nitrogens with one attached hydrogen (secondary N) is 1. The number of hydrogen-bond donors (Lipinski definition) is 1. The third kappa shape index (κ3) is 5.87. The highest BCUT2D eigenvalue weighted by Gasteiger charge is 2.13. The van der Waals surface area contributed by atoms with Crippen molar-refractivity contribution >= 4 is 5.97 Å². The molecule has 0 unspecified atom stereocenters. The molecule has 1 N–H and O–H groups in total. The fraction of sp³-hybridized carbons (Fsp3) is 0.786. The van der Waals surface area contributed by atoms with Gasteiger partial charge in [0.2, 0.25) is 0 Å². The van der Waals surface area contributed by atoms with Gasteiger partial charge in [-0.15, -0.1) is 0 Å². The summed E-state index contributed by atoms with van der Waals surface area (Å²) < 4.78 is 4.91. The molecule has 0 bridgehead atoms. The van der Waals surface area contributed by atoms with Gasteiger partial charge in [-0.3, -0.25) is 0 Å². The zero-order chi connectivity index (χ0) is 12.5. The largest absolute Gasteiger partial charge is 0.463 e. The van der Waals surface area contributed by atoms with E-state index in [0.717, 1.165) is 0 Å². The molecule has 1 aliphatic carbocycles. The summed E-state index contributed by atoms with van der Waals surface area (Å²) in [6.07, 6.45) is 9.09. The number of carbonyl (C=O) groups excluding carboxylic acids is 1. The third-order valence-electron chi connectivity index (χ3n) is 3.27. The zero-order valence-electron chi connectivity index (χ0n) is 11.0. The Kier molecular flexibility index (Phi) is 6.94. The quantitative estimate of drug-likeness (QED) is 0.592. The SMILES string of the molecule is C=C(CNC1CCCCCCC1)C(=O)OCC. The minimum Gasteiger partial charge on any atom is -0.463 e. The fourth-order valence-electron chi connectivity index (χ4n) is 2.23. The number of esters is 1. The maximum absolute atomic E-state index is 11.4. The first-order valence-corrected chi connectivity index (χ1v) is 6.82. The van der Waals surface area contributed by atoms with Crippen LogP contribution in [0.15, 0.2) is 12.2 Å². The molecule has 0 aromatic heterocycles. The molecule has 1 saturated carbocycles. The van der Waals surface area contributed by atoms with E-state index < -0.39 is 0 Å². The van der Waals surface area contributed by atoms with E-state index in [1.807, 2.05) is 6.92 Å². The molecule has 0 aromatic rings. The van der Waals surface area contributed by atoms with E-state index in [1.54, 1.807) is 0 Å². The summed E-state index contributed by atoms with van der Waals surface area (Å²) in [5.74, 6) is -0.272. The van der Waals surface area contributed by atoms with Gasteiger partial charge >= 0.3 is 5.97 Å². The molecule has 0 heterocycles. The molecule has 0 radical (unpaired) electrons. The molecule has 1 aliphatic rings. The fourth-order valence-corrected chi connectivity index (χ4v) is 2.23. The zero-order valence-corrected chi connectivity index (χ0v) is 11.0. The highest BCUT2D eigenvalue weighted by Crippen LogP contribution is 2.17. The molecular weight excluding hydrogens is 214 g/mol.